The SMILES string of the molecule is CCOC(C)(C)C(NC)C1CCOC2(CCSC2)C1. The summed E-state index contributed by atoms with van der Waals surface area (Å²) in [5.41, 5.74) is 0.0451. The van der Waals surface area contributed by atoms with Crippen LogP contribution < -0.4 is 5.32 Å². The molecule has 2 rings (SSSR count). The zero-order valence-corrected chi connectivity index (χ0v) is 13.6. The highest BCUT2D eigenvalue weighted by molar-refractivity contribution is 7.99. The quantitative estimate of drug-likeness (QED) is 0.842. The van der Waals surface area contributed by atoms with Gasteiger partial charge in [-0.05, 0) is 58.8 Å². The maximum Gasteiger partial charge on any atom is 0.0783 e. The lowest BCUT2D eigenvalue weighted by atomic mass is 9.76. The van der Waals surface area contributed by atoms with Crippen molar-refractivity contribution in [1.29, 1.82) is 0 Å². The second kappa shape index (κ2) is 6.33. The standard InChI is InChI=1S/C15H29NO2S/c1-5-17-14(2,3)13(16-4)12-6-8-18-15(10-12)7-9-19-11-15/h12-13,16H,5-11H2,1-4H3. The summed E-state index contributed by atoms with van der Waals surface area (Å²) < 4.78 is 12.1. The van der Waals surface area contributed by atoms with Gasteiger partial charge in [0, 0.05) is 25.0 Å². The molecule has 3 atom stereocenters. The molecule has 0 aliphatic carbocycles. The zero-order valence-electron chi connectivity index (χ0n) is 12.8. The van der Waals surface area contributed by atoms with Gasteiger partial charge in [0.2, 0.25) is 0 Å². The van der Waals surface area contributed by atoms with Gasteiger partial charge in [-0.3, -0.25) is 0 Å². The van der Waals surface area contributed by atoms with Gasteiger partial charge in [-0.1, -0.05) is 0 Å². The van der Waals surface area contributed by atoms with E-state index in [1.165, 1.54) is 24.3 Å². The third-order valence-electron chi connectivity index (χ3n) is 4.65. The highest BCUT2D eigenvalue weighted by atomic mass is 32.2. The van der Waals surface area contributed by atoms with Crippen molar-refractivity contribution in [3.63, 3.8) is 0 Å². The number of hydrogen-bond donors (Lipinski definition) is 1. The van der Waals surface area contributed by atoms with Gasteiger partial charge >= 0.3 is 0 Å². The summed E-state index contributed by atoms with van der Waals surface area (Å²) in [5, 5.41) is 3.52. The van der Waals surface area contributed by atoms with Gasteiger partial charge in [0.05, 0.1) is 11.2 Å². The van der Waals surface area contributed by atoms with Crippen LogP contribution in [0.5, 0.6) is 0 Å². The highest BCUT2D eigenvalue weighted by Gasteiger charge is 2.45. The van der Waals surface area contributed by atoms with Crippen LogP contribution in [-0.2, 0) is 9.47 Å². The van der Waals surface area contributed by atoms with Crippen molar-refractivity contribution in [2.45, 2.75) is 57.3 Å². The first-order valence-electron chi connectivity index (χ1n) is 7.56. The van der Waals surface area contributed by atoms with E-state index in [1.807, 2.05) is 11.8 Å². The monoisotopic (exact) mass is 287 g/mol. The van der Waals surface area contributed by atoms with E-state index in [4.69, 9.17) is 9.47 Å². The van der Waals surface area contributed by atoms with E-state index >= 15 is 0 Å². The fourth-order valence-corrected chi connectivity index (χ4v) is 5.20. The largest absolute Gasteiger partial charge is 0.374 e. The van der Waals surface area contributed by atoms with Crippen LogP contribution in [-0.4, -0.2) is 49.0 Å². The lowest BCUT2D eigenvalue weighted by Gasteiger charge is -2.45. The summed E-state index contributed by atoms with van der Waals surface area (Å²) >= 11 is 2.04. The fourth-order valence-electron chi connectivity index (χ4n) is 3.83. The zero-order chi connectivity index (χ0) is 13.9. The second-order valence-corrected chi connectivity index (χ2v) is 7.49. The molecule has 0 aromatic carbocycles. The summed E-state index contributed by atoms with van der Waals surface area (Å²) in [5.74, 6) is 3.08. The van der Waals surface area contributed by atoms with Crippen LogP contribution in [0.4, 0.5) is 0 Å². The Labute approximate surface area is 122 Å². The van der Waals surface area contributed by atoms with E-state index in [1.54, 1.807) is 0 Å². The summed E-state index contributed by atoms with van der Waals surface area (Å²) in [6, 6.07) is 0.402. The van der Waals surface area contributed by atoms with Crippen LogP contribution in [0.15, 0.2) is 0 Å². The van der Waals surface area contributed by atoms with Crippen LogP contribution in [0.25, 0.3) is 0 Å². The molecule has 112 valence electrons. The molecule has 2 aliphatic heterocycles. The van der Waals surface area contributed by atoms with E-state index < -0.39 is 0 Å². The normalized spacial score (nSPS) is 33.8. The van der Waals surface area contributed by atoms with Gasteiger partial charge in [-0.25, -0.2) is 0 Å². The predicted molar refractivity (Wildman–Crippen MR) is 81.9 cm³/mol. The first-order valence-corrected chi connectivity index (χ1v) is 8.71. The van der Waals surface area contributed by atoms with E-state index in [0.29, 0.717) is 12.0 Å². The minimum absolute atomic E-state index is 0.113. The van der Waals surface area contributed by atoms with Crippen LogP contribution in [0, 0.1) is 5.92 Å². The van der Waals surface area contributed by atoms with E-state index in [2.05, 4.69) is 33.1 Å². The molecule has 0 saturated carbocycles. The Bertz CT molecular complexity index is 290. The minimum Gasteiger partial charge on any atom is -0.374 e. The summed E-state index contributed by atoms with van der Waals surface area (Å²) in [6.07, 6.45) is 3.55. The van der Waals surface area contributed by atoms with Crippen molar-refractivity contribution in [3.8, 4) is 0 Å². The first-order chi connectivity index (χ1) is 9.03. The second-order valence-electron chi connectivity index (χ2n) is 6.39. The van der Waals surface area contributed by atoms with Crippen molar-refractivity contribution in [2.75, 3.05) is 31.8 Å². The predicted octanol–water partition coefficient (Wildman–Crippen LogP) is 2.69. The number of thioether (sulfide) groups is 1. The van der Waals surface area contributed by atoms with Crippen LogP contribution >= 0.6 is 11.8 Å². The smallest absolute Gasteiger partial charge is 0.0783 e. The van der Waals surface area contributed by atoms with E-state index in [9.17, 15) is 0 Å². The highest BCUT2D eigenvalue weighted by Crippen LogP contribution is 2.42. The lowest BCUT2D eigenvalue weighted by Crippen LogP contribution is -2.55. The third kappa shape index (κ3) is 3.46. The molecule has 0 bridgehead atoms. The molecule has 19 heavy (non-hydrogen) atoms. The Morgan fingerprint density at radius 3 is 2.89 bits per heavy atom. The van der Waals surface area contributed by atoms with Gasteiger partial charge in [-0.15, -0.1) is 0 Å². The summed E-state index contributed by atoms with van der Waals surface area (Å²) in [4.78, 5) is 0. The number of hydrogen-bond acceptors (Lipinski definition) is 4. The Hall–Kier alpha value is 0.230. The summed E-state index contributed by atoms with van der Waals surface area (Å²) in [7, 11) is 2.07. The van der Waals surface area contributed by atoms with Gasteiger partial charge in [0.1, 0.15) is 0 Å². The van der Waals surface area contributed by atoms with Crippen molar-refractivity contribution < 1.29 is 9.47 Å². The van der Waals surface area contributed by atoms with Crippen molar-refractivity contribution in [2.24, 2.45) is 5.92 Å². The topological polar surface area (TPSA) is 30.5 Å². The molecule has 0 aromatic rings. The average Bonchev–Trinajstić information content (AvgIpc) is 2.77. The van der Waals surface area contributed by atoms with E-state index in [0.717, 1.165) is 19.6 Å². The Kier molecular flexibility index (Phi) is 5.21. The molecule has 2 aliphatic rings. The van der Waals surface area contributed by atoms with Crippen molar-refractivity contribution in [3.05, 3.63) is 0 Å². The van der Waals surface area contributed by atoms with Gasteiger partial charge in [-0.2, -0.15) is 11.8 Å². The molecule has 0 amide bonds. The van der Waals surface area contributed by atoms with E-state index in [-0.39, 0.29) is 11.2 Å². The fraction of sp³-hybridized carbons (Fsp3) is 1.00. The van der Waals surface area contributed by atoms with Crippen LogP contribution in [0.1, 0.15) is 40.0 Å². The molecule has 1 spiro atoms. The molecule has 3 unspecified atom stereocenters. The molecule has 3 nitrogen and oxygen atoms in total. The Morgan fingerprint density at radius 1 is 1.53 bits per heavy atom. The number of ether oxygens (including phenoxy) is 2. The molecule has 2 saturated heterocycles. The number of likely N-dealkylation sites (N-methyl/N-ethyl adjacent to an activating group) is 1. The molecule has 2 fully saturated rings. The molecular weight excluding hydrogens is 258 g/mol. The van der Waals surface area contributed by atoms with Crippen molar-refractivity contribution >= 4 is 11.8 Å². The van der Waals surface area contributed by atoms with Crippen LogP contribution in [0.2, 0.25) is 0 Å². The van der Waals surface area contributed by atoms with Crippen molar-refractivity contribution in [1.82, 2.24) is 5.32 Å². The Balaban J connectivity index is 2.05. The minimum atomic E-state index is -0.113. The Morgan fingerprint density at radius 2 is 2.32 bits per heavy atom. The number of nitrogens with one attached hydrogen (secondary N) is 1. The molecule has 0 aromatic heterocycles. The molecule has 2 heterocycles. The van der Waals surface area contributed by atoms with Gasteiger partial charge < -0.3 is 14.8 Å². The van der Waals surface area contributed by atoms with Gasteiger partial charge in [0.25, 0.3) is 0 Å². The number of rotatable bonds is 5. The summed E-state index contributed by atoms with van der Waals surface area (Å²) in [6.45, 7) is 8.18. The third-order valence-corrected chi connectivity index (χ3v) is 5.87. The van der Waals surface area contributed by atoms with Gasteiger partial charge in [0.15, 0.2) is 0 Å². The maximum absolute atomic E-state index is 6.13. The molecule has 1 N–H and O–H groups in total. The molecule has 4 heteroatoms. The molecule has 0 radical (unpaired) electrons. The molecular formula is C15H29NO2S. The first kappa shape index (κ1) is 15.6. The average molecular weight is 287 g/mol. The maximum atomic E-state index is 6.13. The van der Waals surface area contributed by atoms with Crippen LogP contribution in [0.3, 0.4) is 0 Å². The lowest BCUT2D eigenvalue weighted by molar-refractivity contribution is -0.113.